The second kappa shape index (κ2) is 9.73. The van der Waals surface area contributed by atoms with Gasteiger partial charge in [0.25, 0.3) is 0 Å². The number of aryl methyl sites for hydroxylation is 1. The largest absolute Gasteiger partial charge is 0.493 e. The van der Waals surface area contributed by atoms with Gasteiger partial charge in [-0.25, -0.2) is 4.79 Å². The van der Waals surface area contributed by atoms with Crippen LogP contribution in [-0.2, 0) is 0 Å². The summed E-state index contributed by atoms with van der Waals surface area (Å²) in [7, 11) is 1.66. The van der Waals surface area contributed by atoms with Crippen LogP contribution in [0.15, 0.2) is 60.9 Å². The van der Waals surface area contributed by atoms with E-state index >= 15 is 0 Å². The lowest BCUT2D eigenvalue weighted by molar-refractivity contribution is 0.0697. The summed E-state index contributed by atoms with van der Waals surface area (Å²) in [5.41, 5.74) is 4.17. The Hall–Kier alpha value is -3.54. The molecule has 1 unspecified atom stereocenters. The summed E-state index contributed by atoms with van der Waals surface area (Å²) in [6.45, 7) is 2.05. The molecule has 2 aromatic carbocycles. The third-order valence-electron chi connectivity index (χ3n) is 5.92. The van der Waals surface area contributed by atoms with E-state index in [2.05, 4.69) is 23.3 Å². The molecular formula is C26H28N2O4. The van der Waals surface area contributed by atoms with Crippen molar-refractivity contribution in [3.8, 4) is 11.5 Å². The number of hydrogen-bond donors (Lipinski definition) is 2. The summed E-state index contributed by atoms with van der Waals surface area (Å²) < 4.78 is 12.0. The van der Waals surface area contributed by atoms with Crippen molar-refractivity contribution in [3.63, 3.8) is 0 Å². The minimum absolute atomic E-state index is 0.198. The van der Waals surface area contributed by atoms with Gasteiger partial charge in [-0.2, -0.15) is 0 Å². The van der Waals surface area contributed by atoms with Crippen molar-refractivity contribution < 1.29 is 19.4 Å². The van der Waals surface area contributed by atoms with Crippen molar-refractivity contribution in [2.24, 2.45) is 0 Å². The maximum atomic E-state index is 11.2. The first kappa shape index (κ1) is 21.7. The number of benzene rings is 2. The molecule has 2 N–H and O–H groups in total. The summed E-state index contributed by atoms with van der Waals surface area (Å²) in [6, 6.07) is 14.6. The lowest BCUT2D eigenvalue weighted by Crippen LogP contribution is -2.16. The summed E-state index contributed by atoms with van der Waals surface area (Å²) in [5.74, 6) is 0.533. The number of rotatable bonds is 8. The Balaban J connectivity index is 1.72. The Morgan fingerprint density at radius 3 is 2.50 bits per heavy atom. The number of hydrogen-bond acceptors (Lipinski definition) is 5. The molecule has 3 aromatic rings. The number of carboxylic acid groups (broad SMARTS) is 1. The summed E-state index contributed by atoms with van der Waals surface area (Å²) >= 11 is 0. The van der Waals surface area contributed by atoms with Crippen molar-refractivity contribution in [3.05, 3.63) is 83.2 Å². The summed E-state index contributed by atoms with van der Waals surface area (Å²) in [4.78, 5) is 15.5. The van der Waals surface area contributed by atoms with Gasteiger partial charge >= 0.3 is 5.97 Å². The molecule has 0 aliphatic heterocycles. The molecule has 0 spiro atoms. The van der Waals surface area contributed by atoms with Crippen molar-refractivity contribution in [2.75, 3.05) is 12.4 Å². The van der Waals surface area contributed by atoms with Crippen LogP contribution in [-0.4, -0.2) is 29.3 Å². The zero-order valence-electron chi connectivity index (χ0n) is 18.4. The third kappa shape index (κ3) is 4.85. The average Bonchev–Trinajstić information content (AvgIpc) is 3.32. The van der Waals surface area contributed by atoms with E-state index in [0.717, 1.165) is 46.7 Å². The molecule has 1 aliphatic carbocycles. The first-order valence-electron chi connectivity index (χ1n) is 10.9. The number of pyridine rings is 1. The van der Waals surface area contributed by atoms with E-state index in [4.69, 9.17) is 9.47 Å². The molecule has 0 bridgehead atoms. The predicted molar refractivity (Wildman–Crippen MR) is 124 cm³/mol. The van der Waals surface area contributed by atoms with Crippen LogP contribution in [0.1, 0.15) is 58.8 Å². The van der Waals surface area contributed by atoms with E-state index in [1.54, 1.807) is 37.6 Å². The highest BCUT2D eigenvalue weighted by Gasteiger charge is 2.23. The van der Waals surface area contributed by atoms with Crippen LogP contribution in [0.25, 0.3) is 0 Å². The van der Waals surface area contributed by atoms with E-state index in [0.29, 0.717) is 0 Å². The van der Waals surface area contributed by atoms with Crippen molar-refractivity contribution in [1.82, 2.24) is 4.98 Å². The number of ether oxygens (including phenoxy) is 2. The molecule has 1 saturated carbocycles. The first-order valence-corrected chi connectivity index (χ1v) is 10.9. The Bertz CT molecular complexity index is 1060. The van der Waals surface area contributed by atoms with E-state index in [1.807, 2.05) is 24.4 Å². The monoisotopic (exact) mass is 432 g/mol. The van der Waals surface area contributed by atoms with E-state index in [1.165, 1.54) is 12.8 Å². The van der Waals surface area contributed by atoms with Gasteiger partial charge in [0.15, 0.2) is 11.5 Å². The van der Waals surface area contributed by atoms with Crippen LogP contribution >= 0.6 is 0 Å². The third-order valence-corrected chi connectivity index (χ3v) is 5.92. The Kier molecular flexibility index (Phi) is 6.59. The molecule has 4 rings (SSSR count). The molecule has 32 heavy (non-hydrogen) atoms. The fraction of sp³-hybridized carbons (Fsp3) is 0.308. The SMILES string of the molecule is COc1cc(C)c(C(Nc2ccc(C(=O)O)cc2)c2cccnc2)cc1OC1CCCC1. The predicted octanol–water partition coefficient (Wildman–Crippen LogP) is 5.62. The zero-order chi connectivity index (χ0) is 22.5. The Morgan fingerprint density at radius 2 is 1.88 bits per heavy atom. The average molecular weight is 433 g/mol. The number of aromatic nitrogens is 1. The van der Waals surface area contributed by atoms with Crippen LogP contribution in [0, 0.1) is 6.92 Å². The maximum absolute atomic E-state index is 11.2. The zero-order valence-corrected chi connectivity index (χ0v) is 18.4. The molecule has 0 amide bonds. The molecule has 1 fully saturated rings. The highest BCUT2D eigenvalue weighted by molar-refractivity contribution is 5.88. The van der Waals surface area contributed by atoms with Crippen LogP contribution in [0.3, 0.4) is 0 Å². The minimum Gasteiger partial charge on any atom is -0.493 e. The fourth-order valence-electron chi connectivity index (χ4n) is 4.19. The van der Waals surface area contributed by atoms with Gasteiger partial charge in [0.2, 0.25) is 0 Å². The van der Waals surface area contributed by atoms with Crippen molar-refractivity contribution in [2.45, 2.75) is 44.8 Å². The van der Waals surface area contributed by atoms with Gasteiger partial charge in [-0.1, -0.05) is 6.07 Å². The maximum Gasteiger partial charge on any atom is 0.335 e. The number of nitrogens with zero attached hydrogens (tertiary/aromatic N) is 1. The van der Waals surface area contributed by atoms with Crippen LogP contribution in [0.2, 0.25) is 0 Å². The Labute approximate surface area is 188 Å². The van der Waals surface area contributed by atoms with Gasteiger partial charge in [0.1, 0.15) is 0 Å². The number of anilines is 1. The Morgan fingerprint density at radius 1 is 1.12 bits per heavy atom. The summed E-state index contributed by atoms with van der Waals surface area (Å²) in [6.07, 6.45) is 8.31. The molecule has 166 valence electrons. The molecule has 1 atom stereocenters. The van der Waals surface area contributed by atoms with Gasteiger partial charge in [0.05, 0.1) is 24.8 Å². The number of carboxylic acids is 1. The first-order chi connectivity index (χ1) is 15.5. The number of nitrogens with one attached hydrogen (secondary N) is 1. The molecular weight excluding hydrogens is 404 g/mol. The summed E-state index contributed by atoms with van der Waals surface area (Å²) in [5, 5.41) is 12.7. The minimum atomic E-state index is -0.944. The van der Waals surface area contributed by atoms with Gasteiger partial charge in [-0.15, -0.1) is 0 Å². The molecule has 1 heterocycles. The molecule has 0 radical (unpaired) electrons. The van der Waals surface area contributed by atoms with E-state index in [-0.39, 0.29) is 17.7 Å². The second-order valence-electron chi connectivity index (χ2n) is 8.13. The fourth-order valence-corrected chi connectivity index (χ4v) is 4.19. The number of methoxy groups -OCH3 is 1. The molecule has 1 aliphatic rings. The van der Waals surface area contributed by atoms with Crippen molar-refractivity contribution in [1.29, 1.82) is 0 Å². The topological polar surface area (TPSA) is 80.7 Å². The second-order valence-corrected chi connectivity index (χ2v) is 8.13. The molecule has 0 saturated heterocycles. The van der Waals surface area contributed by atoms with Gasteiger partial charge in [-0.05, 0) is 91.8 Å². The van der Waals surface area contributed by atoms with Gasteiger partial charge < -0.3 is 19.9 Å². The van der Waals surface area contributed by atoms with Gasteiger partial charge in [-0.3, -0.25) is 4.98 Å². The lowest BCUT2D eigenvalue weighted by atomic mass is 9.95. The standard InChI is InChI=1S/C26H28N2O4/c1-17-14-23(31-2)24(32-21-7-3-4-8-21)15-22(17)25(19-6-5-13-27-16-19)28-20-11-9-18(10-12-20)26(29)30/h5-6,9-16,21,25,28H,3-4,7-8H2,1-2H3,(H,29,30). The number of carbonyl (C=O) groups is 1. The smallest absolute Gasteiger partial charge is 0.335 e. The van der Waals surface area contributed by atoms with Crippen molar-refractivity contribution >= 4 is 11.7 Å². The van der Waals surface area contributed by atoms with Crippen LogP contribution < -0.4 is 14.8 Å². The van der Waals surface area contributed by atoms with Crippen LogP contribution in [0.5, 0.6) is 11.5 Å². The molecule has 1 aromatic heterocycles. The molecule has 6 nitrogen and oxygen atoms in total. The number of aromatic carboxylic acids is 1. The van der Waals surface area contributed by atoms with E-state index in [9.17, 15) is 9.90 Å². The molecule has 6 heteroatoms. The van der Waals surface area contributed by atoms with Gasteiger partial charge in [0, 0.05) is 18.1 Å². The highest BCUT2D eigenvalue weighted by Crippen LogP contribution is 2.38. The van der Waals surface area contributed by atoms with Crippen LogP contribution in [0.4, 0.5) is 5.69 Å². The normalized spacial score (nSPS) is 14.7. The van der Waals surface area contributed by atoms with E-state index < -0.39 is 5.97 Å². The quantitative estimate of drug-likeness (QED) is 0.481. The highest BCUT2D eigenvalue weighted by atomic mass is 16.5. The lowest BCUT2D eigenvalue weighted by Gasteiger charge is -2.25.